The van der Waals surface area contributed by atoms with Gasteiger partial charge in [0.2, 0.25) is 0 Å². The number of pyridine rings is 2. The first kappa shape index (κ1) is 22.3. The number of aliphatic hydroxyl groups is 1. The third-order valence-corrected chi connectivity index (χ3v) is 5.65. The van der Waals surface area contributed by atoms with Crippen molar-refractivity contribution >= 4 is 11.5 Å². The van der Waals surface area contributed by atoms with Crippen LogP contribution in [-0.4, -0.2) is 58.1 Å². The number of hydrogen-bond donors (Lipinski definition) is 3. The lowest BCUT2D eigenvalue weighted by atomic mass is 9.96. The lowest BCUT2D eigenvalue weighted by molar-refractivity contribution is -0.259. The van der Waals surface area contributed by atoms with Gasteiger partial charge in [-0.3, -0.25) is 4.40 Å². The van der Waals surface area contributed by atoms with Gasteiger partial charge < -0.3 is 20.5 Å². The van der Waals surface area contributed by atoms with E-state index in [9.17, 15) is 22.7 Å². The van der Waals surface area contributed by atoms with Crippen LogP contribution in [-0.2, 0) is 5.60 Å². The van der Waals surface area contributed by atoms with Gasteiger partial charge in [0.25, 0.3) is 0 Å². The summed E-state index contributed by atoms with van der Waals surface area (Å²) in [5.41, 5.74) is -2.45. The summed E-state index contributed by atoms with van der Waals surface area (Å²) < 4.78 is 61.2. The molecule has 0 radical (unpaired) electrons. The Hall–Kier alpha value is -2.92. The summed E-state index contributed by atoms with van der Waals surface area (Å²) in [5, 5.41) is 16.4. The van der Waals surface area contributed by atoms with E-state index in [1.165, 1.54) is 23.8 Å². The number of anilines is 1. The Kier molecular flexibility index (Phi) is 5.72. The Morgan fingerprint density at radius 3 is 2.78 bits per heavy atom. The predicted molar refractivity (Wildman–Crippen MR) is 110 cm³/mol. The average molecular weight is 453 g/mol. The molecule has 0 aliphatic carbocycles. The van der Waals surface area contributed by atoms with Crippen molar-refractivity contribution in [1.82, 2.24) is 19.7 Å². The van der Waals surface area contributed by atoms with Crippen LogP contribution in [0.5, 0.6) is 5.75 Å². The molecule has 0 bridgehead atoms. The molecule has 4 rings (SSSR count). The highest BCUT2D eigenvalue weighted by atomic mass is 19.4. The Bertz CT molecular complexity index is 1120. The zero-order chi connectivity index (χ0) is 23.1. The summed E-state index contributed by atoms with van der Waals surface area (Å²) in [7, 11) is 1.22. The van der Waals surface area contributed by atoms with Gasteiger partial charge in [-0.15, -0.1) is 0 Å². The SMILES string of the molecule is COc1cc2ncc(-c3cccc(N[C@H]4CNCC[C@@H]4F)n3)n2cc1C(C)(O)C(F)(F)F. The van der Waals surface area contributed by atoms with E-state index in [0.29, 0.717) is 49.3 Å². The molecule has 11 heteroatoms. The number of nitrogens with zero attached hydrogens (tertiary/aromatic N) is 3. The van der Waals surface area contributed by atoms with Gasteiger partial charge in [0.05, 0.1) is 36.3 Å². The van der Waals surface area contributed by atoms with E-state index < -0.39 is 29.6 Å². The molecule has 1 aliphatic rings. The van der Waals surface area contributed by atoms with E-state index in [1.807, 2.05) is 0 Å². The van der Waals surface area contributed by atoms with Crippen molar-refractivity contribution in [3.63, 3.8) is 0 Å². The van der Waals surface area contributed by atoms with Crippen LogP contribution in [0, 0.1) is 0 Å². The standard InChI is InChI=1S/C21H23F4N5O2/c1-20(31,21(23,24)25)12-11-30-16(10-27-19(30)8-17(12)32-2)14-4-3-5-18(28-14)29-15-9-26-7-6-13(15)22/h3-5,8,10-11,13,15,26,31H,6-7,9H2,1-2H3,(H,28,29)/t13-,15-,20?/m0/s1. The lowest BCUT2D eigenvalue weighted by Crippen LogP contribution is -2.46. The van der Waals surface area contributed by atoms with Crippen LogP contribution >= 0.6 is 0 Å². The van der Waals surface area contributed by atoms with Gasteiger partial charge in [-0.2, -0.15) is 13.2 Å². The molecular weight excluding hydrogens is 430 g/mol. The molecule has 3 atom stereocenters. The molecule has 0 saturated carbocycles. The van der Waals surface area contributed by atoms with Gasteiger partial charge in [-0.05, 0) is 32.0 Å². The first-order chi connectivity index (χ1) is 15.1. The van der Waals surface area contributed by atoms with Crippen LogP contribution in [0.3, 0.4) is 0 Å². The van der Waals surface area contributed by atoms with Gasteiger partial charge in [-0.1, -0.05) is 6.07 Å². The number of methoxy groups -OCH3 is 1. The number of halogens is 4. The molecule has 0 spiro atoms. The second-order valence-corrected chi connectivity index (χ2v) is 7.86. The zero-order valence-electron chi connectivity index (χ0n) is 17.4. The second kappa shape index (κ2) is 8.21. The van der Waals surface area contributed by atoms with Gasteiger partial charge in [0.1, 0.15) is 23.4 Å². The number of alkyl halides is 4. The van der Waals surface area contributed by atoms with Crippen LogP contribution in [0.15, 0.2) is 36.7 Å². The molecule has 7 nitrogen and oxygen atoms in total. The molecule has 32 heavy (non-hydrogen) atoms. The number of rotatable bonds is 5. The first-order valence-electron chi connectivity index (χ1n) is 10.0. The Morgan fingerprint density at radius 1 is 1.31 bits per heavy atom. The molecule has 1 aliphatic heterocycles. The van der Waals surface area contributed by atoms with Crippen LogP contribution in [0.1, 0.15) is 18.9 Å². The topological polar surface area (TPSA) is 83.7 Å². The minimum Gasteiger partial charge on any atom is -0.496 e. The Balaban J connectivity index is 1.75. The van der Waals surface area contributed by atoms with E-state index in [2.05, 4.69) is 20.6 Å². The zero-order valence-corrected chi connectivity index (χ0v) is 17.4. The molecule has 1 fully saturated rings. The van der Waals surface area contributed by atoms with Gasteiger partial charge in [-0.25, -0.2) is 14.4 Å². The number of nitrogens with one attached hydrogen (secondary N) is 2. The van der Waals surface area contributed by atoms with E-state index in [-0.39, 0.29) is 5.75 Å². The minimum absolute atomic E-state index is 0.140. The fraction of sp³-hybridized carbons (Fsp3) is 0.429. The number of hydrogen-bond acceptors (Lipinski definition) is 6. The monoisotopic (exact) mass is 453 g/mol. The Morgan fingerprint density at radius 2 is 2.09 bits per heavy atom. The number of piperidine rings is 1. The fourth-order valence-corrected chi connectivity index (χ4v) is 3.70. The molecule has 3 aromatic heterocycles. The molecule has 172 valence electrons. The summed E-state index contributed by atoms with van der Waals surface area (Å²) >= 11 is 0. The third kappa shape index (κ3) is 3.97. The molecule has 4 heterocycles. The van der Waals surface area contributed by atoms with Crippen molar-refractivity contribution in [2.24, 2.45) is 0 Å². The average Bonchev–Trinajstić information content (AvgIpc) is 3.17. The van der Waals surface area contributed by atoms with Gasteiger partial charge in [0.15, 0.2) is 5.60 Å². The van der Waals surface area contributed by atoms with Crippen molar-refractivity contribution in [2.45, 2.75) is 37.3 Å². The van der Waals surface area contributed by atoms with E-state index in [1.54, 1.807) is 18.2 Å². The minimum atomic E-state index is -4.92. The smallest absolute Gasteiger partial charge is 0.421 e. The third-order valence-electron chi connectivity index (χ3n) is 5.65. The summed E-state index contributed by atoms with van der Waals surface area (Å²) in [6.07, 6.45) is -2.93. The second-order valence-electron chi connectivity index (χ2n) is 7.86. The molecule has 1 saturated heterocycles. The van der Waals surface area contributed by atoms with Crippen LogP contribution in [0.25, 0.3) is 17.0 Å². The van der Waals surface area contributed by atoms with Gasteiger partial charge in [0, 0.05) is 18.8 Å². The largest absolute Gasteiger partial charge is 0.496 e. The van der Waals surface area contributed by atoms with Crippen molar-refractivity contribution < 1.29 is 27.4 Å². The van der Waals surface area contributed by atoms with E-state index in [4.69, 9.17) is 4.74 Å². The van der Waals surface area contributed by atoms with Crippen LogP contribution in [0.2, 0.25) is 0 Å². The van der Waals surface area contributed by atoms with Crippen LogP contribution < -0.4 is 15.4 Å². The predicted octanol–water partition coefficient (Wildman–Crippen LogP) is 3.29. The summed E-state index contributed by atoms with van der Waals surface area (Å²) in [5.74, 6) is 0.295. The van der Waals surface area contributed by atoms with Crippen molar-refractivity contribution in [2.75, 3.05) is 25.5 Å². The van der Waals surface area contributed by atoms with Gasteiger partial charge >= 0.3 is 6.18 Å². The van der Waals surface area contributed by atoms with Crippen molar-refractivity contribution in [3.05, 3.63) is 42.2 Å². The van der Waals surface area contributed by atoms with Crippen molar-refractivity contribution in [1.29, 1.82) is 0 Å². The molecule has 3 N–H and O–H groups in total. The highest BCUT2D eigenvalue weighted by Crippen LogP contribution is 2.43. The number of imidazole rings is 1. The van der Waals surface area contributed by atoms with Crippen LogP contribution in [0.4, 0.5) is 23.4 Å². The lowest BCUT2D eigenvalue weighted by Gasteiger charge is -2.28. The molecule has 0 amide bonds. The fourth-order valence-electron chi connectivity index (χ4n) is 3.70. The van der Waals surface area contributed by atoms with Crippen molar-refractivity contribution in [3.8, 4) is 17.1 Å². The first-order valence-corrected chi connectivity index (χ1v) is 10.0. The number of ether oxygens (including phenoxy) is 1. The van der Waals surface area contributed by atoms with E-state index in [0.717, 1.165) is 6.20 Å². The Labute approximate surface area is 181 Å². The quantitative estimate of drug-likeness (QED) is 0.515. The summed E-state index contributed by atoms with van der Waals surface area (Å²) in [6.45, 7) is 1.74. The maximum atomic E-state index is 14.2. The molecule has 1 unspecified atom stereocenters. The number of aromatic nitrogens is 3. The maximum Gasteiger partial charge on any atom is 0.421 e. The number of fused-ring (bicyclic) bond motifs is 1. The van der Waals surface area contributed by atoms with E-state index >= 15 is 0 Å². The maximum absolute atomic E-state index is 14.2. The highest BCUT2D eigenvalue weighted by Gasteiger charge is 2.53. The normalized spacial score (nSPS) is 21.3. The molecule has 3 aromatic rings. The summed E-state index contributed by atoms with van der Waals surface area (Å²) in [6, 6.07) is 5.96. The molecule has 0 aromatic carbocycles. The molecular formula is C21H23F4N5O2. The highest BCUT2D eigenvalue weighted by molar-refractivity contribution is 5.64. The summed E-state index contributed by atoms with van der Waals surface area (Å²) in [4.78, 5) is 8.73.